The van der Waals surface area contributed by atoms with E-state index in [9.17, 15) is 13.6 Å². The van der Waals surface area contributed by atoms with E-state index in [-0.39, 0.29) is 11.3 Å². The Balaban J connectivity index is 3.28. The summed E-state index contributed by atoms with van der Waals surface area (Å²) in [5.74, 6) is -1.69. The Morgan fingerprint density at radius 2 is 2.31 bits per heavy atom. The second-order valence-corrected chi connectivity index (χ2v) is 2.94. The molecule has 0 aliphatic carbocycles. The number of carboxylic acids is 1. The number of nitrogens with zero attached hydrogens (tertiary/aromatic N) is 2. The van der Waals surface area contributed by atoms with Gasteiger partial charge in [-0.25, -0.2) is 13.8 Å². The first-order valence-electron chi connectivity index (χ1n) is 4.15. The number of carbonyl (C=O) groups is 1. The molecule has 0 spiro atoms. The maximum absolute atomic E-state index is 12.5. The quantitative estimate of drug-likeness (QED) is 0.805. The molecule has 3 N–H and O–H groups in total. The molecule has 0 aliphatic heterocycles. The number of hydrogen-bond donors (Lipinski definition) is 2. The monoisotopic (exact) mass is 227 g/mol. The van der Waals surface area contributed by atoms with E-state index in [4.69, 9.17) is 16.1 Å². The standard InChI is InChI=1S/C9H7F2N3O2/c10-8(11)7-4(3-12)1-5(2-6(15)16)14-9(7)13/h1,8H,2H2,(H2,13,14)(H,15,16). The lowest BCUT2D eigenvalue weighted by Crippen LogP contribution is -2.08. The van der Waals surface area contributed by atoms with Gasteiger partial charge < -0.3 is 10.8 Å². The van der Waals surface area contributed by atoms with E-state index >= 15 is 0 Å². The molecule has 1 heterocycles. The van der Waals surface area contributed by atoms with Gasteiger partial charge in [0.1, 0.15) is 5.82 Å². The number of anilines is 1. The van der Waals surface area contributed by atoms with Crippen LogP contribution in [0.25, 0.3) is 0 Å². The van der Waals surface area contributed by atoms with E-state index in [0.717, 1.165) is 6.07 Å². The molecule has 16 heavy (non-hydrogen) atoms. The zero-order valence-corrected chi connectivity index (χ0v) is 7.94. The summed E-state index contributed by atoms with van der Waals surface area (Å²) in [5.41, 5.74) is 4.21. The number of nitriles is 1. The van der Waals surface area contributed by atoms with Gasteiger partial charge in [-0.15, -0.1) is 0 Å². The summed E-state index contributed by atoms with van der Waals surface area (Å²) in [6.07, 6.45) is -3.39. The highest BCUT2D eigenvalue weighted by Gasteiger charge is 2.19. The van der Waals surface area contributed by atoms with Crippen molar-refractivity contribution in [2.75, 3.05) is 5.73 Å². The molecule has 5 nitrogen and oxygen atoms in total. The highest BCUT2D eigenvalue weighted by atomic mass is 19.3. The third kappa shape index (κ3) is 2.42. The molecule has 1 aromatic heterocycles. The summed E-state index contributed by atoms with van der Waals surface area (Å²) in [5, 5.41) is 17.1. The van der Waals surface area contributed by atoms with E-state index < -0.39 is 30.2 Å². The van der Waals surface area contributed by atoms with Crippen molar-refractivity contribution < 1.29 is 18.7 Å². The lowest BCUT2D eigenvalue weighted by atomic mass is 10.1. The average molecular weight is 227 g/mol. The van der Waals surface area contributed by atoms with Gasteiger partial charge in [-0.05, 0) is 6.07 Å². The van der Waals surface area contributed by atoms with Gasteiger partial charge in [0.2, 0.25) is 0 Å². The predicted octanol–water partition coefficient (Wildman–Crippen LogP) is 1.10. The first kappa shape index (κ1) is 11.8. The van der Waals surface area contributed by atoms with Crippen LogP contribution in [0.15, 0.2) is 6.07 Å². The Bertz CT molecular complexity index is 469. The van der Waals surface area contributed by atoms with E-state index in [1.54, 1.807) is 0 Å². The van der Waals surface area contributed by atoms with E-state index in [2.05, 4.69) is 4.98 Å². The first-order chi connectivity index (χ1) is 7.45. The number of nitrogen functional groups attached to an aromatic ring is 1. The molecule has 0 fully saturated rings. The van der Waals surface area contributed by atoms with Crippen molar-refractivity contribution in [2.45, 2.75) is 12.8 Å². The maximum atomic E-state index is 12.5. The number of rotatable bonds is 3. The van der Waals surface area contributed by atoms with Crippen LogP contribution in [-0.4, -0.2) is 16.1 Å². The lowest BCUT2D eigenvalue weighted by Gasteiger charge is -2.07. The zero-order chi connectivity index (χ0) is 12.3. The second kappa shape index (κ2) is 4.53. The van der Waals surface area contributed by atoms with Crippen LogP contribution >= 0.6 is 0 Å². The number of halogens is 2. The molecule has 0 radical (unpaired) electrons. The number of hydrogen-bond acceptors (Lipinski definition) is 4. The largest absolute Gasteiger partial charge is 0.481 e. The Kier molecular flexibility index (Phi) is 3.35. The predicted molar refractivity (Wildman–Crippen MR) is 49.7 cm³/mol. The Morgan fingerprint density at radius 3 is 2.75 bits per heavy atom. The SMILES string of the molecule is N#Cc1cc(CC(=O)O)nc(N)c1C(F)F. The van der Waals surface area contributed by atoms with Crippen molar-refractivity contribution in [1.29, 1.82) is 5.26 Å². The number of pyridine rings is 1. The highest BCUT2D eigenvalue weighted by molar-refractivity contribution is 5.70. The molecule has 1 rings (SSSR count). The normalized spacial score (nSPS) is 10.1. The second-order valence-electron chi connectivity index (χ2n) is 2.94. The fourth-order valence-corrected chi connectivity index (χ4v) is 1.20. The molecule has 0 saturated carbocycles. The maximum Gasteiger partial charge on any atom is 0.309 e. The molecular weight excluding hydrogens is 220 g/mol. The van der Waals surface area contributed by atoms with Crippen LogP contribution in [-0.2, 0) is 11.2 Å². The van der Waals surface area contributed by atoms with Crippen molar-refractivity contribution >= 4 is 11.8 Å². The molecule has 0 aromatic carbocycles. The number of aromatic nitrogens is 1. The zero-order valence-electron chi connectivity index (χ0n) is 7.94. The van der Waals surface area contributed by atoms with E-state index in [1.165, 1.54) is 6.07 Å². The lowest BCUT2D eigenvalue weighted by molar-refractivity contribution is -0.136. The number of carboxylic acid groups (broad SMARTS) is 1. The van der Waals surface area contributed by atoms with Crippen LogP contribution in [0.5, 0.6) is 0 Å². The smallest absolute Gasteiger partial charge is 0.309 e. The first-order valence-corrected chi connectivity index (χ1v) is 4.15. The van der Waals surface area contributed by atoms with Gasteiger partial charge in [0.25, 0.3) is 6.43 Å². The average Bonchev–Trinajstić information content (AvgIpc) is 2.14. The highest BCUT2D eigenvalue weighted by Crippen LogP contribution is 2.27. The summed E-state index contributed by atoms with van der Waals surface area (Å²) < 4.78 is 25.0. The van der Waals surface area contributed by atoms with Crippen molar-refractivity contribution in [3.8, 4) is 6.07 Å². The summed E-state index contributed by atoms with van der Waals surface area (Å²) in [7, 11) is 0. The minimum atomic E-state index is -2.92. The fourth-order valence-electron chi connectivity index (χ4n) is 1.20. The van der Waals surface area contributed by atoms with Crippen LogP contribution in [0.3, 0.4) is 0 Å². The summed E-state index contributed by atoms with van der Waals surface area (Å²) in [6, 6.07) is 2.54. The van der Waals surface area contributed by atoms with Gasteiger partial charge in [0.15, 0.2) is 0 Å². The molecule has 0 saturated heterocycles. The van der Waals surface area contributed by atoms with Gasteiger partial charge in [0, 0.05) is 0 Å². The molecule has 7 heteroatoms. The molecular formula is C9H7F2N3O2. The van der Waals surface area contributed by atoms with Crippen LogP contribution in [0.4, 0.5) is 14.6 Å². The van der Waals surface area contributed by atoms with Crippen molar-refractivity contribution in [2.24, 2.45) is 0 Å². The molecule has 0 bridgehead atoms. The van der Waals surface area contributed by atoms with Gasteiger partial charge in [-0.1, -0.05) is 0 Å². The van der Waals surface area contributed by atoms with Crippen LogP contribution in [0.2, 0.25) is 0 Å². The molecule has 0 amide bonds. The Morgan fingerprint density at radius 1 is 1.69 bits per heavy atom. The molecule has 0 unspecified atom stereocenters. The Hall–Kier alpha value is -2.23. The van der Waals surface area contributed by atoms with Crippen LogP contribution in [0.1, 0.15) is 23.2 Å². The summed E-state index contributed by atoms with van der Waals surface area (Å²) in [6.45, 7) is 0. The van der Waals surface area contributed by atoms with E-state index in [0.29, 0.717) is 0 Å². The minimum Gasteiger partial charge on any atom is -0.481 e. The number of aliphatic carboxylic acids is 1. The topological polar surface area (TPSA) is 100 Å². The summed E-state index contributed by atoms with van der Waals surface area (Å²) in [4.78, 5) is 13.9. The minimum absolute atomic E-state index is 0.0223. The van der Waals surface area contributed by atoms with Gasteiger partial charge in [-0.2, -0.15) is 5.26 Å². The molecule has 84 valence electrons. The van der Waals surface area contributed by atoms with E-state index in [1.807, 2.05) is 0 Å². The number of nitrogens with two attached hydrogens (primary N) is 1. The van der Waals surface area contributed by atoms with Crippen molar-refractivity contribution in [1.82, 2.24) is 4.98 Å². The Labute approximate surface area is 89.1 Å². The van der Waals surface area contributed by atoms with Crippen LogP contribution < -0.4 is 5.73 Å². The van der Waals surface area contributed by atoms with Gasteiger partial charge in [-0.3, -0.25) is 4.79 Å². The van der Waals surface area contributed by atoms with Crippen molar-refractivity contribution in [3.63, 3.8) is 0 Å². The van der Waals surface area contributed by atoms with Gasteiger partial charge >= 0.3 is 5.97 Å². The van der Waals surface area contributed by atoms with Gasteiger partial charge in [0.05, 0.1) is 29.3 Å². The molecule has 0 atom stereocenters. The third-order valence-electron chi connectivity index (χ3n) is 1.81. The van der Waals surface area contributed by atoms with Crippen LogP contribution in [0, 0.1) is 11.3 Å². The molecule has 0 aliphatic rings. The summed E-state index contributed by atoms with van der Waals surface area (Å²) >= 11 is 0. The molecule has 1 aromatic rings. The third-order valence-corrected chi connectivity index (χ3v) is 1.81. The fraction of sp³-hybridized carbons (Fsp3) is 0.222. The number of alkyl halides is 2. The van der Waals surface area contributed by atoms with Crippen molar-refractivity contribution in [3.05, 3.63) is 22.9 Å².